The first kappa shape index (κ1) is 16.7. The Hall–Kier alpha value is -2.74. The van der Waals surface area contributed by atoms with Crippen LogP contribution in [-0.2, 0) is 9.59 Å². The minimum atomic E-state index is -0.928. The highest BCUT2D eigenvalue weighted by Crippen LogP contribution is 2.30. The number of nitrogens with one attached hydrogen (secondary N) is 2. The first-order valence-corrected chi connectivity index (χ1v) is 8.79. The summed E-state index contributed by atoms with van der Waals surface area (Å²) in [6.07, 6.45) is 0.284. The normalized spacial score (nSPS) is 26.2. The molecule has 0 bridgehead atoms. The van der Waals surface area contributed by atoms with E-state index in [1.807, 2.05) is 6.07 Å². The van der Waals surface area contributed by atoms with Gasteiger partial charge in [-0.1, -0.05) is 0 Å². The van der Waals surface area contributed by atoms with Crippen molar-refractivity contribution in [1.82, 2.24) is 15.5 Å². The molecule has 1 aromatic rings. The Morgan fingerprint density at radius 1 is 1.08 bits per heavy atom. The zero-order valence-corrected chi connectivity index (χ0v) is 14.4. The quantitative estimate of drug-likeness (QED) is 0.717. The molecule has 0 aromatic heterocycles. The maximum atomic E-state index is 12.8. The summed E-state index contributed by atoms with van der Waals surface area (Å²) in [6, 6.07) is 4.65. The predicted octanol–water partition coefficient (Wildman–Crippen LogP) is -0.114. The lowest BCUT2D eigenvalue weighted by molar-refractivity contribution is -0.136. The van der Waals surface area contributed by atoms with Crippen LogP contribution in [0.4, 0.5) is 5.69 Å². The second-order valence-corrected chi connectivity index (χ2v) is 6.98. The highest BCUT2D eigenvalue weighted by Gasteiger charge is 2.44. The zero-order chi connectivity index (χ0) is 18.4. The Labute approximate surface area is 150 Å². The number of anilines is 1. The zero-order valence-electron chi connectivity index (χ0n) is 14.4. The second-order valence-electron chi connectivity index (χ2n) is 6.98. The Morgan fingerprint density at radius 2 is 1.85 bits per heavy atom. The Morgan fingerprint density at radius 3 is 2.58 bits per heavy atom. The second kappa shape index (κ2) is 6.21. The van der Waals surface area contributed by atoms with Crippen LogP contribution in [-0.4, -0.2) is 60.2 Å². The molecule has 1 aromatic carbocycles. The van der Waals surface area contributed by atoms with Gasteiger partial charge in [-0.05, 0) is 31.5 Å². The third kappa shape index (κ3) is 2.66. The molecule has 0 spiro atoms. The smallest absolute Gasteiger partial charge is 0.262 e. The van der Waals surface area contributed by atoms with Crippen LogP contribution in [0.2, 0.25) is 0 Å². The van der Waals surface area contributed by atoms with Gasteiger partial charge >= 0.3 is 0 Å². The van der Waals surface area contributed by atoms with Gasteiger partial charge in [0.25, 0.3) is 11.8 Å². The monoisotopic (exact) mass is 356 g/mol. The molecule has 2 N–H and O–H groups in total. The molecule has 2 atom stereocenters. The predicted molar refractivity (Wildman–Crippen MR) is 92.8 cm³/mol. The maximum Gasteiger partial charge on any atom is 0.262 e. The number of piperazine rings is 1. The first-order chi connectivity index (χ1) is 12.5. The molecule has 2 saturated heterocycles. The van der Waals surface area contributed by atoms with E-state index in [4.69, 9.17) is 0 Å². The van der Waals surface area contributed by atoms with E-state index in [2.05, 4.69) is 22.5 Å². The highest BCUT2D eigenvalue weighted by molar-refractivity contribution is 6.23. The molecule has 4 amide bonds. The number of hydrogen-bond donors (Lipinski definition) is 2. The van der Waals surface area contributed by atoms with Crippen molar-refractivity contribution in [1.29, 1.82) is 0 Å². The maximum absolute atomic E-state index is 12.8. The van der Waals surface area contributed by atoms with Crippen LogP contribution in [0.1, 0.15) is 40.5 Å². The van der Waals surface area contributed by atoms with Gasteiger partial charge in [-0.2, -0.15) is 0 Å². The van der Waals surface area contributed by atoms with Gasteiger partial charge in [0.05, 0.1) is 11.1 Å². The fourth-order valence-corrected chi connectivity index (χ4v) is 3.82. The number of nitrogens with zero attached hydrogens (tertiary/aromatic N) is 2. The number of imide groups is 2. The van der Waals surface area contributed by atoms with Gasteiger partial charge in [-0.3, -0.25) is 29.4 Å². The summed E-state index contributed by atoms with van der Waals surface area (Å²) in [5, 5.41) is 5.57. The molecular weight excluding hydrogens is 336 g/mol. The van der Waals surface area contributed by atoms with Gasteiger partial charge in [-0.15, -0.1) is 0 Å². The van der Waals surface area contributed by atoms with Crippen molar-refractivity contribution in [3.05, 3.63) is 29.3 Å². The van der Waals surface area contributed by atoms with Crippen molar-refractivity contribution in [2.24, 2.45) is 0 Å². The summed E-state index contributed by atoms with van der Waals surface area (Å²) >= 11 is 0. The van der Waals surface area contributed by atoms with E-state index in [1.165, 1.54) is 0 Å². The SMILES string of the molecule is C[C@@H]1CN(c2ccc3c(c2)C(=O)N(C2CCC(=O)NC2=O)C3=O)CCN1. The molecule has 2 fully saturated rings. The van der Waals surface area contributed by atoms with Crippen molar-refractivity contribution in [3.63, 3.8) is 0 Å². The van der Waals surface area contributed by atoms with Crippen LogP contribution in [0.25, 0.3) is 0 Å². The lowest BCUT2D eigenvalue weighted by Crippen LogP contribution is -2.54. The summed E-state index contributed by atoms with van der Waals surface area (Å²) in [7, 11) is 0. The number of benzene rings is 1. The van der Waals surface area contributed by atoms with E-state index in [-0.39, 0.29) is 18.7 Å². The van der Waals surface area contributed by atoms with Crippen molar-refractivity contribution in [2.75, 3.05) is 24.5 Å². The average Bonchev–Trinajstić information content (AvgIpc) is 2.86. The van der Waals surface area contributed by atoms with Gasteiger partial charge in [0.1, 0.15) is 6.04 Å². The number of piperidine rings is 1. The summed E-state index contributed by atoms with van der Waals surface area (Å²) in [6.45, 7) is 4.59. The molecular formula is C18H20N4O4. The van der Waals surface area contributed by atoms with Crippen LogP contribution >= 0.6 is 0 Å². The van der Waals surface area contributed by atoms with E-state index in [9.17, 15) is 19.2 Å². The molecule has 0 saturated carbocycles. The van der Waals surface area contributed by atoms with E-state index in [0.717, 1.165) is 30.2 Å². The minimum absolute atomic E-state index is 0.119. The largest absolute Gasteiger partial charge is 0.369 e. The Bertz CT molecular complexity index is 821. The Kier molecular flexibility index (Phi) is 3.99. The summed E-state index contributed by atoms with van der Waals surface area (Å²) < 4.78 is 0. The number of carbonyl (C=O) groups is 4. The van der Waals surface area contributed by atoms with Crippen LogP contribution < -0.4 is 15.5 Å². The summed E-state index contributed by atoms with van der Waals surface area (Å²) in [5.41, 5.74) is 1.53. The molecule has 8 nitrogen and oxygen atoms in total. The highest BCUT2D eigenvalue weighted by atomic mass is 16.2. The van der Waals surface area contributed by atoms with Crippen molar-refractivity contribution in [3.8, 4) is 0 Å². The molecule has 26 heavy (non-hydrogen) atoms. The van der Waals surface area contributed by atoms with Crippen LogP contribution in [0.3, 0.4) is 0 Å². The van der Waals surface area contributed by atoms with Gasteiger partial charge in [0.15, 0.2) is 0 Å². The fraction of sp³-hybridized carbons (Fsp3) is 0.444. The van der Waals surface area contributed by atoms with E-state index in [0.29, 0.717) is 17.2 Å². The summed E-state index contributed by atoms with van der Waals surface area (Å²) in [5.74, 6) is -1.91. The van der Waals surface area contributed by atoms with E-state index >= 15 is 0 Å². The van der Waals surface area contributed by atoms with Crippen LogP contribution in [0.5, 0.6) is 0 Å². The molecule has 3 heterocycles. The molecule has 3 aliphatic heterocycles. The lowest BCUT2D eigenvalue weighted by Gasteiger charge is -2.33. The third-order valence-electron chi connectivity index (χ3n) is 5.16. The molecule has 4 rings (SSSR count). The molecule has 0 aliphatic carbocycles. The van der Waals surface area contributed by atoms with Crippen LogP contribution in [0, 0.1) is 0 Å². The van der Waals surface area contributed by atoms with Crippen molar-refractivity contribution >= 4 is 29.3 Å². The topological polar surface area (TPSA) is 98.8 Å². The van der Waals surface area contributed by atoms with Crippen molar-refractivity contribution < 1.29 is 19.2 Å². The summed E-state index contributed by atoms with van der Waals surface area (Å²) in [4.78, 5) is 52.1. The van der Waals surface area contributed by atoms with Gasteiger partial charge in [-0.25, -0.2) is 0 Å². The Balaban J connectivity index is 1.62. The average molecular weight is 356 g/mol. The number of hydrogen-bond acceptors (Lipinski definition) is 6. The first-order valence-electron chi connectivity index (χ1n) is 8.79. The number of carbonyl (C=O) groups excluding carboxylic acids is 4. The molecule has 0 radical (unpaired) electrons. The third-order valence-corrected chi connectivity index (χ3v) is 5.16. The molecule has 8 heteroatoms. The van der Waals surface area contributed by atoms with Gasteiger partial charge in [0, 0.05) is 37.8 Å². The number of rotatable bonds is 2. The van der Waals surface area contributed by atoms with Crippen molar-refractivity contribution in [2.45, 2.75) is 31.8 Å². The molecule has 136 valence electrons. The number of amides is 4. The lowest BCUT2D eigenvalue weighted by atomic mass is 10.0. The van der Waals surface area contributed by atoms with E-state index < -0.39 is 23.8 Å². The minimum Gasteiger partial charge on any atom is -0.369 e. The van der Waals surface area contributed by atoms with Crippen LogP contribution in [0.15, 0.2) is 18.2 Å². The standard InChI is InChI=1S/C18H20N4O4/c1-10-9-21(7-6-19-10)11-2-3-12-13(8-11)18(26)22(17(12)25)14-4-5-15(23)20-16(14)24/h2-3,8,10,14,19H,4-7,9H2,1H3,(H,20,23,24)/t10-,14?/m1/s1. The molecule has 3 aliphatic rings. The van der Waals surface area contributed by atoms with Gasteiger partial charge < -0.3 is 10.2 Å². The number of fused-ring (bicyclic) bond motifs is 1. The molecule has 1 unspecified atom stereocenters. The fourth-order valence-electron chi connectivity index (χ4n) is 3.82. The van der Waals surface area contributed by atoms with Gasteiger partial charge in [0.2, 0.25) is 11.8 Å². The van der Waals surface area contributed by atoms with E-state index in [1.54, 1.807) is 12.1 Å².